The van der Waals surface area contributed by atoms with Gasteiger partial charge in [-0.1, -0.05) is 42.5 Å². The molecule has 2 aromatic rings. The normalized spacial score (nSPS) is 14.5. The number of hydrogen-bond donors (Lipinski definition) is 2. The highest BCUT2D eigenvalue weighted by molar-refractivity contribution is 5.95. The maximum atomic E-state index is 12.4. The summed E-state index contributed by atoms with van der Waals surface area (Å²) in [6, 6.07) is 14.9. The summed E-state index contributed by atoms with van der Waals surface area (Å²) in [4.78, 5) is 24.0. The fourth-order valence-electron chi connectivity index (χ4n) is 3.32. The van der Waals surface area contributed by atoms with Crippen LogP contribution < -0.4 is 5.32 Å². The van der Waals surface area contributed by atoms with Gasteiger partial charge in [-0.05, 0) is 48.4 Å². The van der Waals surface area contributed by atoms with E-state index in [9.17, 15) is 14.7 Å². The largest absolute Gasteiger partial charge is 0.481 e. The van der Waals surface area contributed by atoms with Crippen molar-refractivity contribution in [2.75, 3.05) is 5.32 Å². The highest BCUT2D eigenvalue weighted by Gasteiger charge is 2.24. The molecule has 0 aliphatic heterocycles. The average molecular weight is 323 g/mol. The predicted octanol–water partition coefficient (Wildman–Crippen LogP) is 3.76. The van der Waals surface area contributed by atoms with Gasteiger partial charge in [0.1, 0.15) is 0 Å². The van der Waals surface area contributed by atoms with E-state index in [0.29, 0.717) is 5.56 Å². The van der Waals surface area contributed by atoms with Crippen molar-refractivity contribution in [3.63, 3.8) is 0 Å². The minimum atomic E-state index is -0.980. The number of nitrogens with one attached hydrogen (secondary N) is 1. The van der Waals surface area contributed by atoms with Crippen molar-refractivity contribution in [1.29, 1.82) is 0 Å². The molecule has 3 rings (SSSR count). The Morgan fingerprint density at radius 2 is 1.75 bits per heavy atom. The lowest BCUT2D eigenvalue weighted by molar-refractivity contribution is -0.140. The number of carboxylic acids is 1. The zero-order chi connectivity index (χ0) is 16.9. The molecule has 0 radical (unpaired) electrons. The SMILES string of the molecule is O=C(C[C@H](C(=O)O)c1ccccc1)Nc1cccc2c1CCCC2. The molecule has 0 heterocycles. The van der Waals surface area contributed by atoms with Gasteiger partial charge in [0, 0.05) is 12.1 Å². The maximum Gasteiger partial charge on any atom is 0.311 e. The smallest absolute Gasteiger partial charge is 0.311 e. The number of amides is 1. The molecule has 0 saturated heterocycles. The number of anilines is 1. The van der Waals surface area contributed by atoms with Crippen molar-refractivity contribution >= 4 is 17.6 Å². The summed E-state index contributed by atoms with van der Waals surface area (Å²) < 4.78 is 0. The Bertz CT molecular complexity index is 740. The lowest BCUT2D eigenvalue weighted by Crippen LogP contribution is -2.22. The van der Waals surface area contributed by atoms with Crippen molar-refractivity contribution in [1.82, 2.24) is 0 Å². The van der Waals surface area contributed by atoms with Gasteiger partial charge in [0.15, 0.2) is 0 Å². The average Bonchev–Trinajstić information content (AvgIpc) is 2.60. The number of aliphatic carboxylic acids is 1. The van der Waals surface area contributed by atoms with Gasteiger partial charge < -0.3 is 10.4 Å². The van der Waals surface area contributed by atoms with Gasteiger partial charge in [-0.15, -0.1) is 0 Å². The van der Waals surface area contributed by atoms with Crippen LogP contribution in [0.2, 0.25) is 0 Å². The number of fused-ring (bicyclic) bond motifs is 1. The lowest BCUT2D eigenvalue weighted by Gasteiger charge is -2.20. The molecule has 4 nitrogen and oxygen atoms in total. The van der Waals surface area contributed by atoms with E-state index in [0.717, 1.165) is 24.9 Å². The van der Waals surface area contributed by atoms with E-state index in [4.69, 9.17) is 0 Å². The third kappa shape index (κ3) is 3.65. The van der Waals surface area contributed by atoms with Crippen molar-refractivity contribution in [3.05, 3.63) is 65.2 Å². The Hall–Kier alpha value is -2.62. The summed E-state index contributed by atoms with van der Waals surface area (Å²) in [5.74, 6) is -2.07. The lowest BCUT2D eigenvalue weighted by atomic mass is 9.90. The van der Waals surface area contributed by atoms with Gasteiger partial charge in [-0.25, -0.2) is 0 Å². The number of benzene rings is 2. The van der Waals surface area contributed by atoms with Crippen LogP contribution in [0, 0.1) is 0 Å². The second kappa shape index (κ2) is 7.30. The van der Waals surface area contributed by atoms with Crippen LogP contribution in [-0.2, 0) is 22.4 Å². The van der Waals surface area contributed by atoms with Gasteiger partial charge >= 0.3 is 5.97 Å². The maximum absolute atomic E-state index is 12.4. The third-order valence-corrected chi connectivity index (χ3v) is 4.56. The highest BCUT2D eigenvalue weighted by Crippen LogP contribution is 2.28. The third-order valence-electron chi connectivity index (χ3n) is 4.56. The molecule has 24 heavy (non-hydrogen) atoms. The standard InChI is InChI=1S/C20H21NO3/c22-19(13-17(20(23)24)15-7-2-1-3-8-15)21-18-12-6-10-14-9-4-5-11-16(14)18/h1-3,6-8,10,12,17H,4-5,9,11,13H2,(H,21,22)(H,23,24)/t17-/m0/s1. The summed E-state index contributed by atoms with van der Waals surface area (Å²) >= 11 is 0. The Balaban J connectivity index is 1.74. The molecule has 0 fully saturated rings. The summed E-state index contributed by atoms with van der Waals surface area (Å²) in [5, 5.41) is 12.4. The Morgan fingerprint density at radius 1 is 1.00 bits per heavy atom. The molecule has 1 amide bonds. The van der Waals surface area contributed by atoms with E-state index >= 15 is 0 Å². The van der Waals surface area contributed by atoms with Gasteiger partial charge in [-0.3, -0.25) is 9.59 Å². The molecule has 2 aromatic carbocycles. The Morgan fingerprint density at radius 3 is 2.50 bits per heavy atom. The molecule has 0 bridgehead atoms. The number of hydrogen-bond acceptors (Lipinski definition) is 2. The number of carboxylic acid groups (broad SMARTS) is 1. The molecule has 1 aliphatic carbocycles. The summed E-state index contributed by atoms with van der Waals surface area (Å²) in [7, 11) is 0. The van der Waals surface area contributed by atoms with Crippen LogP contribution in [0.15, 0.2) is 48.5 Å². The van der Waals surface area contributed by atoms with E-state index < -0.39 is 11.9 Å². The van der Waals surface area contributed by atoms with Gasteiger partial charge in [-0.2, -0.15) is 0 Å². The van der Waals surface area contributed by atoms with Crippen LogP contribution in [0.3, 0.4) is 0 Å². The molecule has 0 saturated carbocycles. The first kappa shape index (κ1) is 16.2. The van der Waals surface area contributed by atoms with Crippen LogP contribution in [0.5, 0.6) is 0 Å². The van der Waals surface area contributed by atoms with Crippen LogP contribution in [0.1, 0.15) is 41.9 Å². The topological polar surface area (TPSA) is 66.4 Å². The molecule has 2 N–H and O–H groups in total. The molecule has 0 unspecified atom stereocenters. The molecule has 124 valence electrons. The van der Waals surface area contributed by atoms with Crippen molar-refractivity contribution in [2.45, 2.75) is 38.0 Å². The molecule has 0 spiro atoms. The van der Waals surface area contributed by atoms with E-state index in [2.05, 4.69) is 11.4 Å². The van der Waals surface area contributed by atoms with Crippen molar-refractivity contribution in [2.24, 2.45) is 0 Å². The second-order valence-corrected chi connectivity index (χ2v) is 6.20. The predicted molar refractivity (Wildman–Crippen MR) is 93.1 cm³/mol. The van der Waals surface area contributed by atoms with E-state index in [-0.39, 0.29) is 12.3 Å². The number of carbonyl (C=O) groups excluding carboxylic acids is 1. The first-order valence-corrected chi connectivity index (χ1v) is 8.33. The van der Waals surface area contributed by atoms with Gasteiger partial charge in [0.05, 0.1) is 5.92 Å². The van der Waals surface area contributed by atoms with E-state index in [1.807, 2.05) is 18.2 Å². The fraction of sp³-hybridized carbons (Fsp3) is 0.300. The summed E-state index contributed by atoms with van der Waals surface area (Å²) in [6.45, 7) is 0. The monoisotopic (exact) mass is 323 g/mol. The highest BCUT2D eigenvalue weighted by atomic mass is 16.4. The minimum Gasteiger partial charge on any atom is -0.481 e. The molecular weight excluding hydrogens is 302 g/mol. The van der Waals surface area contributed by atoms with Crippen LogP contribution >= 0.6 is 0 Å². The van der Waals surface area contributed by atoms with Crippen LogP contribution in [0.25, 0.3) is 0 Å². The number of carbonyl (C=O) groups is 2. The first-order chi connectivity index (χ1) is 11.6. The van der Waals surface area contributed by atoms with E-state index in [1.165, 1.54) is 17.5 Å². The Labute approximate surface area is 141 Å². The first-order valence-electron chi connectivity index (χ1n) is 8.33. The zero-order valence-electron chi connectivity index (χ0n) is 13.5. The second-order valence-electron chi connectivity index (χ2n) is 6.20. The van der Waals surface area contributed by atoms with Crippen molar-refractivity contribution < 1.29 is 14.7 Å². The minimum absolute atomic E-state index is 0.0665. The molecule has 4 heteroatoms. The molecule has 1 aliphatic rings. The van der Waals surface area contributed by atoms with Gasteiger partial charge in [0.25, 0.3) is 0 Å². The van der Waals surface area contributed by atoms with E-state index in [1.54, 1.807) is 24.3 Å². The number of aryl methyl sites for hydroxylation is 1. The molecule has 0 aromatic heterocycles. The quantitative estimate of drug-likeness (QED) is 0.880. The summed E-state index contributed by atoms with van der Waals surface area (Å²) in [6.07, 6.45) is 4.25. The molecule has 1 atom stereocenters. The summed E-state index contributed by atoms with van der Waals surface area (Å²) in [5.41, 5.74) is 3.96. The van der Waals surface area contributed by atoms with Crippen molar-refractivity contribution in [3.8, 4) is 0 Å². The van der Waals surface area contributed by atoms with Gasteiger partial charge in [0.2, 0.25) is 5.91 Å². The van der Waals surface area contributed by atoms with Crippen LogP contribution in [0.4, 0.5) is 5.69 Å². The Kier molecular flexibility index (Phi) is 4.94. The number of rotatable bonds is 5. The zero-order valence-corrected chi connectivity index (χ0v) is 13.5. The molecular formula is C20H21NO3. The van der Waals surface area contributed by atoms with Crippen LogP contribution in [-0.4, -0.2) is 17.0 Å². The fourth-order valence-corrected chi connectivity index (χ4v) is 3.32.